The third-order valence-corrected chi connectivity index (χ3v) is 10.3. The van der Waals surface area contributed by atoms with E-state index in [2.05, 4.69) is 58.4 Å². The monoisotopic (exact) mass is 490 g/mol. The van der Waals surface area contributed by atoms with E-state index in [4.69, 9.17) is 0 Å². The lowest BCUT2D eigenvalue weighted by atomic mass is 9.47. The first-order chi connectivity index (χ1) is 11.0. The molecule has 0 radical (unpaired) electrons. The van der Waals surface area contributed by atoms with Crippen molar-refractivity contribution < 1.29 is 0 Å². The van der Waals surface area contributed by atoms with Gasteiger partial charge in [0.2, 0.25) is 0 Å². The molecule has 0 bridgehead atoms. The molecule has 0 N–H and O–H groups in total. The first-order valence-corrected chi connectivity index (χ1v) is 12.3. The van der Waals surface area contributed by atoms with E-state index in [-0.39, 0.29) is 0 Å². The van der Waals surface area contributed by atoms with Gasteiger partial charge < -0.3 is 0 Å². The quantitative estimate of drug-likeness (QED) is 0.219. The fraction of sp³-hybridized carbons (Fsp3) is 0.905. The summed E-state index contributed by atoms with van der Waals surface area (Å²) in [5.74, 6) is 3.84. The zero-order valence-corrected chi connectivity index (χ0v) is 18.5. The van der Waals surface area contributed by atoms with Crippen LogP contribution >= 0.6 is 38.5 Å². The maximum atomic E-state index is 4.11. The predicted octanol–water partition coefficient (Wildman–Crippen LogP) is 7.15. The minimum atomic E-state index is 0.561. The number of halogens is 2. The Hall–Kier alpha value is 0.950. The lowest BCUT2D eigenvalue weighted by molar-refractivity contribution is -0.0411. The van der Waals surface area contributed by atoms with Gasteiger partial charge in [-0.25, -0.2) is 0 Å². The molecule has 130 valence electrons. The van der Waals surface area contributed by atoms with E-state index in [1.54, 1.807) is 0 Å². The Bertz CT molecular complexity index is 500. The second kappa shape index (κ2) is 6.28. The molecule has 0 aliphatic heterocycles. The summed E-state index contributed by atoms with van der Waals surface area (Å²) >= 11 is 6.70. The highest BCUT2D eigenvalue weighted by Gasteiger charge is 2.59. The highest BCUT2D eigenvalue weighted by atomic mass is 127. The van der Waals surface area contributed by atoms with E-state index in [9.17, 15) is 0 Å². The molecule has 3 saturated carbocycles. The van der Waals surface area contributed by atoms with E-state index in [0.29, 0.717) is 10.8 Å². The maximum Gasteiger partial charge on any atom is 0.0182 e. The normalized spacial score (nSPS) is 52.3. The smallest absolute Gasteiger partial charge is 0.0182 e. The van der Waals surface area contributed by atoms with Crippen molar-refractivity contribution in [1.29, 1.82) is 0 Å². The van der Waals surface area contributed by atoms with E-state index >= 15 is 0 Å². The largest absolute Gasteiger partial charge is 0.0887 e. The third kappa shape index (κ3) is 2.54. The molecule has 2 heteroatoms. The molecule has 0 aromatic rings. The fourth-order valence-electron chi connectivity index (χ4n) is 7.40. The Kier molecular flexibility index (Phi) is 4.74. The SMILES string of the molecule is C[C@]12CC[C@H]3[C@@H](CC=C4CCCC[C@@]43C)[C@@H]1CC(Br)[C@@H]2CCI. The Balaban J connectivity index is 1.66. The highest BCUT2D eigenvalue weighted by molar-refractivity contribution is 14.1. The van der Waals surface area contributed by atoms with Crippen molar-refractivity contribution >= 4 is 38.5 Å². The van der Waals surface area contributed by atoms with Crippen molar-refractivity contribution in [2.75, 3.05) is 4.43 Å². The van der Waals surface area contributed by atoms with Crippen LogP contribution in [0.2, 0.25) is 0 Å². The van der Waals surface area contributed by atoms with Crippen molar-refractivity contribution in [2.24, 2.45) is 34.5 Å². The molecule has 0 nitrogen and oxygen atoms in total. The second-order valence-corrected chi connectivity index (χ2v) is 11.6. The Labute approximate surface area is 164 Å². The number of fused-ring (bicyclic) bond motifs is 5. The van der Waals surface area contributed by atoms with Gasteiger partial charge >= 0.3 is 0 Å². The zero-order valence-electron chi connectivity index (χ0n) is 14.8. The molecule has 0 heterocycles. The van der Waals surface area contributed by atoms with Gasteiger partial charge in [-0.2, -0.15) is 0 Å². The molecule has 4 rings (SSSR count). The zero-order chi connectivity index (χ0) is 16.2. The molecule has 0 aromatic heterocycles. The first kappa shape index (κ1) is 17.4. The molecular weight excluding hydrogens is 459 g/mol. The summed E-state index contributed by atoms with van der Waals surface area (Å²) in [5.41, 5.74) is 3.02. The number of allylic oxidation sites excluding steroid dienone is 2. The minimum absolute atomic E-state index is 0.561. The van der Waals surface area contributed by atoms with Gasteiger partial charge in [-0.05, 0) is 90.3 Å². The topological polar surface area (TPSA) is 0 Å². The van der Waals surface area contributed by atoms with Crippen LogP contribution in [0.5, 0.6) is 0 Å². The maximum absolute atomic E-state index is 4.11. The van der Waals surface area contributed by atoms with Gasteiger partial charge in [-0.1, -0.05) is 70.4 Å². The van der Waals surface area contributed by atoms with Crippen LogP contribution in [0.3, 0.4) is 0 Å². The first-order valence-electron chi connectivity index (χ1n) is 9.90. The van der Waals surface area contributed by atoms with Crippen LogP contribution in [0, 0.1) is 34.5 Å². The summed E-state index contributed by atoms with van der Waals surface area (Å²) in [7, 11) is 0. The molecule has 0 aromatic carbocycles. The molecule has 7 atom stereocenters. The molecular formula is C21H32BrI. The second-order valence-electron chi connectivity index (χ2n) is 9.35. The molecule has 23 heavy (non-hydrogen) atoms. The molecule has 0 amide bonds. The van der Waals surface area contributed by atoms with Gasteiger partial charge in [0, 0.05) is 4.83 Å². The van der Waals surface area contributed by atoms with E-state index in [1.165, 1.54) is 62.2 Å². The Morgan fingerprint density at radius 3 is 2.83 bits per heavy atom. The minimum Gasteiger partial charge on any atom is -0.0887 e. The predicted molar refractivity (Wildman–Crippen MR) is 111 cm³/mol. The van der Waals surface area contributed by atoms with Crippen LogP contribution in [0.1, 0.15) is 71.6 Å². The van der Waals surface area contributed by atoms with Crippen LogP contribution < -0.4 is 0 Å². The summed E-state index contributed by atoms with van der Waals surface area (Å²) in [6.07, 6.45) is 15.7. The summed E-state index contributed by atoms with van der Waals surface area (Å²) in [5, 5.41) is 0. The van der Waals surface area contributed by atoms with Crippen LogP contribution in [0.15, 0.2) is 11.6 Å². The molecule has 0 spiro atoms. The highest BCUT2D eigenvalue weighted by Crippen LogP contribution is 2.67. The Morgan fingerprint density at radius 2 is 2.04 bits per heavy atom. The fourth-order valence-corrected chi connectivity index (χ4v) is 9.34. The standard InChI is InChI=1S/C21H32BrI/c1-20-10-4-3-5-14(20)6-7-15-16(20)8-11-21(2)17(9-12-23)19(22)13-18(15)21/h6,15-19H,3-5,7-13H2,1-2H3/t15-,16+,17+,18+,19?,20+,21-/m1/s1. The van der Waals surface area contributed by atoms with Crippen LogP contribution in [-0.4, -0.2) is 9.25 Å². The van der Waals surface area contributed by atoms with Gasteiger partial charge in [0.1, 0.15) is 0 Å². The average Bonchev–Trinajstić information content (AvgIpc) is 2.79. The molecule has 0 saturated heterocycles. The molecule has 4 aliphatic carbocycles. The molecule has 1 unspecified atom stereocenters. The van der Waals surface area contributed by atoms with Crippen LogP contribution in [0.25, 0.3) is 0 Å². The van der Waals surface area contributed by atoms with Gasteiger partial charge in [0.15, 0.2) is 0 Å². The summed E-state index contributed by atoms with van der Waals surface area (Å²) in [4.78, 5) is 0.774. The lowest BCUT2D eigenvalue weighted by Crippen LogP contribution is -2.49. The lowest BCUT2D eigenvalue weighted by Gasteiger charge is -2.57. The van der Waals surface area contributed by atoms with Gasteiger partial charge in [-0.15, -0.1) is 0 Å². The van der Waals surface area contributed by atoms with E-state index in [1.807, 2.05) is 5.57 Å². The number of hydrogen-bond donors (Lipinski definition) is 0. The molecule has 3 fully saturated rings. The van der Waals surface area contributed by atoms with Crippen molar-refractivity contribution in [2.45, 2.75) is 76.5 Å². The molecule has 4 aliphatic rings. The van der Waals surface area contributed by atoms with Crippen molar-refractivity contribution in [3.05, 3.63) is 11.6 Å². The number of hydrogen-bond acceptors (Lipinski definition) is 0. The summed E-state index contributed by atoms with van der Waals surface area (Å²) in [6.45, 7) is 5.30. The van der Waals surface area contributed by atoms with Crippen molar-refractivity contribution in [1.82, 2.24) is 0 Å². The van der Waals surface area contributed by atoms with E-state index in [0.717, 1.165) is 28.5 Å². The van der Waals surface area contributed by atoms with Gasteiger partial charge in [0.05, 0.1) is 0 Å². The Morgan fingerprint density at radius 1 is 1.22 bits per heavy atom. The van der Waals surface area contributed by atoms with Crippen LogP contribution in [-0.2, 0) is 0 Å². The van der Waals surface area contributed by atoms with Crippen molar-refractivity contribution in [3.63, 3.8) is 0 Å². The average molecular weight is 491 g/mol. The summed E-state index contributed by atoms with van der Waals surface area (Å²) < 4.78 is 1.32. The van der Waals surface area contributed by atoms with Crippen LogP contribution in [0.4, 0.5) is 0 Å². The van der Waals surface area contributed by atoms with E-state index < -0.39 is 0 Å². The van der Waals surface area contributed by atoms with Gasteiger partial charge in [0.25, 0.3) is 0 Å². The third-order valence-electron chi connectivity index (χ3n) is 8.64. The van der Waals surface area contributed by atoms with Gasteiger partial charge in [-0.3, -0.25) is 0 Å². The number of rotatable bonds is 2. The van der Waals surface area contributed by atoms with Crippen molar-refractivity contribution in [3.8, 4) is 0 Å². The number of alkyl halides is 2. The summed E-state index contributed by atoms with van der Waals surface area (Å²) in [6, 6.07) is 0.